The number of nitrogens with one attached hydrogen (secondary N) is 1. The van der Waals surface area contributed by atoms with Crippen LogP contribution in [0.2, 0.25) is 5.02 Å². The summed E-state index contributed by atoms with van der Waals surface area (Å²) in [7, 11) is 0. The van der Waals surface area contributed by atoms with Gasteiger partial charge in [0.15, 0.2) is 0 Å². The second-order valence-corrected chi connectivity index (χ2v) is 6.18. The summed E-state index contributed by atoms with van der Waals surface area (Å²) in [6, 6.07) is 4.65. The molecule has 3 N–H and O–H groups in total. The second kappa shape index (κ2) is 9.33. The number of amides is 1. The van der Waals surface area contributed by atoms with Crippen molar-refractivity contribution >= 4 is 35.6 Å². The zero-order valence-corrected chi connectivity index (χ0v) is 15.0. The summed E-state index contributed by atoms with van der Waals surface area (Å²) < 4.78 is 10.9. The van der Waals surface area contributed by atoms with Gasteiger partial charge in [0, 0.05) is 18.9 Å². The Morgan fingerprint density at radius 2 is 2.04 bits per heavy atom. The Balaban J connectivity index is 0.00000264. The fourth-order valence-corrected chi connectivity index (χ4v) is 2.67. The van der Waals surface area contributed by atoms with Crippen LogP contribution in [0.3, 0.4) is 0 Å². The van der Waals surface area contributed by atoms with Crippen molar-refractivity contribution in [2.45, 2.75) is 38.8 Å². The van der Waals surface area contributed by atoms with E-state index in [1.54, 1.807) is 18.2 Å². The molecular weight excluding hydrogens is 339 g/mol. The van der Waals surface area contributed by atoms with Crippen molar-refractivity contribution in [3.63, 3.8) is 0 Å². The zero-order chi connectivity index (χ0) is 16.1. The van der Waals surface area contributed by atoms with Crippen LogP contribution in [0.25, 0.3) is 0 Å². The van der Waals surface area contributed by atoms with Gasteiger partial charge in [-0.3, -0.25) is 4.79 Å². The largest absolute Gasteiger partial charge is 0.489 e. The summed E-state index contributed by atoms with van der Waals surface area (Å²) in [4.78, 5) is 12.2. The Kier molecular flexibility index (Phi) is 8.12. The van der Waals surface area contributed by atoms with Gasteiger partial charge in [-0.2, -0.15) is 0 Å². The minimum atomic E-state index is -0.533. The van der Waals surface area contributed by atoms with Gasteiger partial charge < -0.3 is 20.5 Å². The van der Waals surface area contributed by atoms with Gasteiger partial charge in [-0.05, 0) is 50.8 Å². The predicted octanol–water partition coefficient (Wildman–Crippen LogP) is 3.24. The average Bonchev–Trinajstić information content (AvgIpc) is 2.49. The molecule has 1 fully saturated rings. The molecule has 23 heavy (non-hydrogen) atoms. The number of halogens is 2. The van der Waals surface area contributed by atoms with E-state index >= 15 is 0 Å². The smallest absolute Gasteiger partial charge is 0.241 e. The highest BCUT2D eigenvalue weighted by Gasteiger charge is 2.26. The van der Waals surface area contributed by atoms with E-state index in [4.69, 9.17) is 26.8 Å². The van der Waals surface area contributed by atoms with Crippen LogP contribution in [0.15, 0.2) is 18.2 Å². The minimum absolute atomic E-state index is 0. The third-order valence-corrected chi connectivity index (χ3v) is 3.93. The van der Waals surface area contributed by atoms with Crippen molar-refractivity contribution < 1.29 is 14.3 Å². The second-order valence-electron chi connectivity index (χ2n) is 5.78. The molecule has 0 spiro atoms. The molecule has 7 heteroatoms. The molecule has 1 aliphatic heterocycles. The lowest BCUT2D eigenvalue weighted by molar-refractivity contribution is -0.119. The Bertz CT molecular complexity index is 520. The number of carbonyl (C=O) groups is 1. The maximum atomic E-state index is 12.2. The third-order valence-electron chi connectivity index (χ3n) is 3.64. The van der Waals surface area contributed by atoms with Crippen molar-refractivity contribution in [3.8, 4) is 5.75 Å². The monoisotopic (exact) mass is 362 g/mol. The maximum absolute atomic E-state index is 12.2. The van der Waals surface area contributed by atoms with E-state index in [0.717, 1.165) is 12.8 Å². The van der Waals surface area contributed by atoms with Crippen LogP contribution < -0.4 is 15.8 Å². The summed E-state index contributed by atoms with van der Waals surface area (Å²) in [6.07, 6.45) is 1.67. The molecule has 0 saturated carbocycles. The zero-order valence-electron chi connectivity index (χ0n) is 13.4. The van der Waals surface area contributed by atoms with Crippen LogP contribution in [0.4, 0.5) is 5.69 Å². The number of anilines is 1. The Labute approximate surface area is 148 Å². The third kappa shape index (κ3) is 5.84. The molecule has 130 valence electrons. The van der Waals surface area contributed by atoms with Crippen LogP contribution in [0.1, 0.15) is 26.7 Å². The number of benzene rings is 1. The SMILES string of the molecule is CC(C)Oc1ccc(NC(=O)C(N)C2CCOCC2)cc1Cl.Cl. The van der Waals surface area contributed by atoms with E-state index in [2.05, 4.69) is 5.32 Å². The van der Waals surface area contributed by atoms with E-state index in [0.29, 0.717) is 29.7 Å². The molecular formula is C16H24Cl2N2O3. The van der Waals surface area contributed by atoms with Crippen molar-refractivity contribution in [2.75, 3.05) is 18.5 Å². The van der Waals surface area contributed by atoms with Crippen molar-refractivity contribution in [3.05, 3.63) is 23.2 Å². The fourth-order valence-electron chi connectivity index (χ4n) is 2.44. The number of hydrogen-bond acceptors (Lipinski definition) is 4. The van der Waals surface area contributed by atoms with Crippen molar-refractivity contribution in [2.24, 2.45) is 11.7 Å². The average molecular weight is 363 g/mol. The van der Waals surface area contributed by atoms with E-state index in [9.17, 15) is 4.79 Å². The van der Waals surface area contributed by atoms with Crippen molar-refractivity contribution in [1.29, 1.82) is 0 Å². The van der Waals surface area contributed by atoms with Gasteiger partial charge in [0.1, 0.15) is 5.75 Å². The van der Waals surface area contributed by atoms with Crippen LogP contribution in [-0.4, -0.2) is 31.3 Å². The van der Waals surface area contributed by atoms with Gasteiger partial charge in [-0.1, -0.05) is 11.6 Å². The predicted molar refractivity (Wildman–Crippen MR) is 94.6 cm³/mol. The van der Waals surface area contributed by atoms with E-state index in [-0.39, 0.29) is 30.3 Å². The molecule has 1 heterocycles. The first-order valence-electron chi connectivity index (χ1n) is 7.57. The Morgan fingerprint density at radius 3 is 2.61 bits per heavy atom. The minimum Gasteiger partial charge on any atom is -0.489 e. The van der Waals surface area contributed by atoms with Gasteiger partial charge in [0.05, 0.1) is 17.2 Å². The lowest BCUT2D eigenvalue weighted by atomic mass is 9.92. The molecule has 1 atom stereocenters. The topological polar surface area (TPSA) is 73.6 Å². The lowest BCUT2D eigenvalue weighted by Crippen LogP contribution is -2.44. The number of carbonyl (C=O) groups excluding carboxylic acids is 1. The highest BCUT2D eigenvalue weighted by molar-refractivity contribution is 6.32. The number of rotatable bonds is 5. The standard InChI is InChI=1S/C16H23ClN2O3.ClH/c1-10(2)22-14-4-3-12(9-13(14)17)19-16(20)15(18)11-5-7-21-8-6-11;/h3-4,9-11,15H,5-8,18H2,1-2H3,(H,19,20);1H. The lowest BCUT2D eigenvalue weighted by Gasteiger charge is -2.26. The molecule has 0 bridgehead atoms. The highest BCUT2D eigenvalue weighted by atomic mass is 35.5. The molecule has 1 aliphatic rings. The van der Waals surface area contributed by atoms with Gasteiger partial charge in [0.25, 0.3) is 0 Å². The molecule has 1 aromatic carbocycles. The van der Waals surface area contributed by atoms with E-state index < -0.39 is 6.04 Å². The van der Waals surface area contributed by atoms with Crippen LogP contribution in [0, 0.1) is 5.92 Å². The first kappa shape index (κ1) is 20.0. The van der Waals surface area contributed by atoms with Gasteiger partial charge in [-0.15, -0.1) is 12.4 Å². The summed E-state index contributed by atoms with van der Waals surface area (Å²) in [5, 5.41) is 3.28. The first-order valence-corrected chi connectivity index (χ1v) is 7.95. The first-order chi connectivity index (χ1) is 10.5. The molecule has 1 unspecified atom stereocenters. The van der Waals surface area contributed by atoms with Crippen LogP contribution in [-0.2, 0) is 9.53 Å². The number of hydrogen-bond donors (Lipinski definition) is 2. The van der Waals surface area contributed by atoms with Crippen LogP contribution in [0.5, 0.6) is 5.75 Å². The number of nitrogens with two attached hydrogens (primary N) is 1. The quantitative estimate of drug-likeness (QED) is 0.842. The summed E-state index contributed by atoms with van der Waals surface area (Å²) in [5.74, 6) is 0.566. The number of ether oxygens (including phenoxy) is 2. The van der Waals surface area contributed by atoms with Gasteiger partial charge in [-0.25, -0.2) is 0 Å². The van der Waals surface area contributed by atoms with E-state index in [1.165, 1.54) is 0 Å². The Morgan fingerprint density at radius 1 is 1.39 bits per heavy atom. The molecule has 0 radical (unpaired) electrons. The molecule has 0 aromatic heterocycles. The highest BCUT2D eigenvalue weighted by Crippen LogP contribution is 2.29. The maximum Gasteiger partial charge on any atom is 0.241 e. The molecule has 1 saturated heterocycles. The molecule has 1 amide bonds. The molecule has 5 nitrogen and oxygen atoms in total. The summed E-state index contributed by atoms with van der Waals surface area (Å²) >= 11 is 6.16. The fraction of sp³-hybridized carbons (Fsp3) is 0.562. The normalized spacial score (nSPS) is 16.6. The summed E-state index contributed by atoms with van der Waals surface area (Å²) in [5.41, 5.74) is 6.67. The van der Waals surface area contributed by atoms with E-state index in [1.807, 2.05) is 13.8 Å². The van der Waals surface area contributed by atoms with Gasteiger partial charge in [0.2, 0.25) is 5.91 Å². The molecule has 0 aliphatic carbocycles. The Hall–Kier alpha value is -1.01. The van der Waals surface area contributed by atoms with Crippen LogP contribution >= 0.6 is 24.0 Å². The van der Waals surface area contributed by atoms with Crippen molar-refractivity contribution in [1.82, 2.24) is 0 Å². The molecule has 2 rings (SSSR count). The van der Waals surface area contributed by atoms with Gasteiger partial charge >= 0.3 is 0 Å². The summed E-state index contributed by atoms with van der Waals surface area (Å²) in [6.45, 7) is 5.19. The molecule has 1 aromatic rings.